The molecule has 150 valence electrons. The number of nitriles is 1. The van der Waals surface area contributed by atoms with Gasteiger partial charge in [0.1, 0.15) is 16.9 Å². The number of amides is 2. The normalized spacial score (nSPS) is 21.0. The minimum Gasteiger partial charge on any atom is -0.469 e. The molecule has 1 saturated heterocycles. The zero-order chi connectivity index (χ0) is 21.3. The van der Waals surface area contributed by atoms with Crippen LogP contribution >= 0.6 is 11.8 Å². The summed E-state index contributed by atoms with van der Waals surface area (Å²) < 4.78 is 18.0. The van der Waals surface area contributed by atoms with E-state index in [0.717, 1.165) is 16.7 Å². The molecule has 0 radical (unpaired) electrons. The Morgan fingerprint density at radius 1 is 1.38 bits per heavy atom. The van der Waals surface area contributed by atoms with Gasteiger partial charge in [0, 0.05) is 7.05 Å². The van der Waals surface area contributed by atoms with Gasteiger partial charge in [0.2, 0.25) is 5.91 Å². The maximum atomic E-state index is 13.4. The summed E-state index contributed by atoms with van der Waals surface area (Å²) in [7, 11) is 2.63. The van der Waals surface area contributed by atoms with E-state index in [0.29, 0.717) is 5.56 Å². The van der Waals surface area contributed by atoms with Crippen molar-refractivity contribution in [3.63, 3.8) is 0 Å². The highest BCUT2D eigenvalue weighted by Gasteiger charge is 2.48. The van der Waals surface area contributed by atoms with Crippen LogP contribution in [0.25, 0.3) is 0 Å². The molecule has 29 heavy (non-hydrogen) atoms. The second-order valence-corrected chi connectivity index (χ2v) is 7.45. The van der Waals surface area contributed by atoms with Gasteiger partial charge in [-0.1, -0.05) is 23.9 Å². The summed E-state index contributed by atoms with van der Waals surface area (Å²) in [6.07, 6.45) is -0.211. The molecule has 0 saturated carbocycles. The molecule has 2 heterocycles. The molecule has 1 aromatic rings. The van der Waals surface area contributed by atoms with Crippen LogP contribution in [0.5, 0.6) is 0 Å². The molecule has 2 aliphatic rings. The third-order valence-corrected chi connectivity index (χ3v) is 5.93. The van der Waals surface area contributed by atoms with Crippen LogP contribution in [0.3, 0.4) is 0 Å². The van der Waals surface area contributed by atoms with Gasteiger partial charge in [-0.3, -0.25) is 19.3 Å². The Balaban J connectivity index is 2.20. The first-order valence-corrected chi connectivity index (χ1v) is 9.40. The minimum absolute atomic E-state index is 0.00775. The van der Waals surface area contributed by atoms with Gasteiger partial charge in [-0.15, -0.1) is 0 Å². The first-order valence-electron chi connectivity index (χ1n) is 8.52. The number of rotatable bonds is 4. The fourth-order valence-corrected chi connectivity index (χ4v) is 4.59. The summed E-state index contributed by atoms with van der Waals surface area (Å²) in [6, 6.07) is 7.32. The number of hydrogen-bond donors (Lipinski definition) is 2. The molecule has 8 nitrogen and oxygen atoms in total. The van der Waals surface area contributed by atoms with Crippen molar-refractivity contribution in [2.45, 2.75) is 17.6 Å². The summed E-state index contributed by atoms with van der Waals surface area (Å²) in [5, 5.41) is 11.7. The number of benzene rings is 1. The van der Waals surface area contributed by atoms with E-state index in [-0.39, 0.29) is 28.4 Å². The van der Waals surface area contributed by atoms with E-state index in [1.807, 2.05) is 6.07 Å². The second kappa shape index (κ2) is 7.97. The Labute approximate surface area is 170 Å². The van der Waals surface area contributed by atoms with Gasteiger partial charge in [0.05, 0.1) is 41.7 Å². The molecule has 0 aliphatic carbocycles. The van der Waals surface area contributed by atoms with Crippen LogP contribution in [0.1, 0.15) is 17.9 Å². The molecule has 0 unspecified atom stereocenters. The zero-order valence-corrected chi connectivity index (χ0v) is 16.4. The number of thioether (sulfide) groups is 1. The Hall–Kier alpha value is -3.32. The van der Waals surface area contributed by atoms with Crippen LogP contribution in [0.4, 0.5) is 4.39 Å². The molecule has 2 atom stereocenters. The molecule has 0 spiro atoms. The molecule has 1 aromatic carbocycles. The lowest BCUT2D eigenvalue weighted by Gasteiger charge is -2.31. The fraction of sp³-hybridized carbons (Fsp3) is 0.263. The fourth-order valence-electron chi connectivity index (χ4n) is 3.27. The number of ether oxygens (including phenoxy) is 1. The predicted molar refractivity (Wildman–Crippen MR) is 102 cm³/mol. The molecule has 2 aliphatic heterocycles. The molecule has 3 N–H and O–H groups in total. The topological polar surface area (TPSA) is 126 Å². The highest BCUT2D eigenvalue weighted by Crippen LogP contribution is 2.49. The van der Waals surface area contributed by atoms with E-state index < -0.39 is 34.8 Å². The van der Waals surface area contributed by atoms with Gasteiger partial charge >= 0.3 is 5.97 Å². The first kappa shape index (κ1) is 20.4. The predicted octanol–water partition coefficient (Wildman–Crippen LogP) is 1.08. The molecule has 10 heteroatoms. The van der Waals surface area contributed by atoms with E-state index in [1.54, 1.807) is 0 Å². The van der Waals surface area contributed by atoms with Crippen LogP contribution in [0.2, 0.25) is 0 Å². The van der Waals surface area contributed by atoms with E-state index in [9.17, 15) is 24.0 Å². The number of nitrogens with two attached hydrogens (primary N) is 1. The third kappa shape index (κ3) is 3.45. The van der Waals surface area contributed by atoms with E-state index in [2.05, 4.69) is 10.1 Å². The number of esters is 1. The summed E-state index contributed by atoms with van der Waals surface area (Å²) in [6.45, 7) is 0. The van der Waals surface area contributed by atoms with Crippen molar-refractivity contribution in [3.05, 3.63) is 57.6 Å². The van der Waals surface area contributed by atoms with Gasteiger partial charge < -0.3 is 15.8 Å². The van der Waals surface area contributed by atoms with Crippen molar-refractivity contribution in [2.24, 2.45) is 5.73 Å². The lowest BCUT2D eigenvalue weighted by atomic mass is 9.82. The molecule has 0 bridgehead atoms. The van der Waals surface area contributed by atoms with Gasteiger partial charge in [-0.2, -0.15) is 5.26 Å². The number of hydrogen-bond acceptors (Lipinski definition) is 7. The maximum absolute atomic E-state index is 13.4. The molecule has 3 rings (SSSR count). The number of nitrogens with zero attached hydrogens (tertiary/aromatic N) is 2. The van der Waals surface area contributed by atoms with Crippen molar-refractivity contribution in [1.29, 1.82) is 5.26 Å². The van der Waals surface area contributed by atoms with Crippen molar-refractivity contribution in [2.75, 3.05) is 14.2 Å². The van der Waals surface area contributed by atoms with E-state index >= 15 is 0 Å². The van der Waals surface area contributed by atoms with Crippen LogP contribution in [-0.4, -0.2) is 42.1 Å². The Bertz CT molecular complexity index is 996. The van der Waals surface area contributed by atoms with Crippen molar-refractivity contribution in [1.82, 2.24) is 10.2 Å². The van der Waals surface area contributed by atoms with Crippen LogP contribution < -0.4 is 11.1 Å². The van der Waals surface area contributed by atoms with Crippen molar-refractivity contribution >= 4 is 29.5 Å². The average Bonchev–Trinajstić information content (AvgIpc) is 3.03. The number of halogens is 1. The lowest BCUT2D eigenvalue weighted by Crippen LogP contribution is -2.39. The summed E-state index contributed by atoms with van der Waals surface area (Å²) in [5.41, 5.74) is 6.75. The highest BCUT2D eigenvalue weighted by molar-refractivity contribution is 8.04. The Kier molecular flexibility index (Phi) is 5.61. The largest absolute Gasteiger partial charge is 0.469 e. The molecule has 2 amide bonds. The first-order chi connectivity index (χ1) is 13.8. The lowest BCUT2D eigenvalue weighted by molar-refractivity contribution is -0.142. The number of carbonyl (C=O) groups is 3. The van der Waals surface area contributed by atoms with Gasteiger partial charge in [-0.25, -0.2) is 4.39 Å². The smallest absolute Gasteiger partial charge is 0.307 e. The van der Waals surface area contributed by atoms with Crippen molar-refractivity contribution in [3.8, 4) is 6.07 Å². The minimum atomic E-state index is -0.885. The zero-order valence-electron chi connectivity index (χ0n) is 15.6. The SMILES string of the molecule is CNC(=O)C1=C2S[C@H](CC(=O)OC)C(=O)N2C(N)=C(C#N)[C@@H]1c1ccc(F)cc1. The van der Waals surface area contributed by atoms with Gasteiger partial charge in [0.15, 0.2) is 0 Å². The number of nitrogens with one attached hydrogen (secondary N) is 1. The van der Waals surface area contributed by atoms with Crippen LogP contribution in [0.15, 0.2) is 46.3 Å². The number of allylic oxidation sites excluding steroid dienone is 1. The van der Waals surface area contributed by atoms with E-state index in [4.69, 9.17) is 5.73 Å². The molecular formula is C19H17FN4O4S. The summed E-state index contributed by atoms with van der Waals surface area (Å²) in [4.78, 5) is 38.4. The third-order valence-electron chi connectivity index (χ3n) is 4.65. The quantitative estimate of drug-likeness (QED) is 0.704. The monoisotopic (exact) mass is 416 g/mol. The van der Waals surface area contributed by atoms with Gasteiger partial charge in [-0.05, 0) is 17.7 Å². The number of carbonyl (C=O) groups excluding carboxylic acids is 3. The number of likely N-dealkylation sites (N-methyl/N-ethyl adjacent to an activating group) is 1. The molecular weight excluding hydrogens is 399 g/mol. The average molecular weight is 416 g/mol. The van der Waals surface area contributed by atoms with E-state index in [1.165, 1.54) is 38.4 Å². The highest BCUT2D eigenvalue weighted by atomic mass is 32.2. The summed E-state index contributed by atoms with van der Waals surface area (Å²) in [5.74, 6) is -3.09. The Morgan fingerprint density at radius 3 is 2.59 bits per heavy atom. The van der Waals surface area contributed by atoms with Crippen molar-refractivity contribution < 1.29 is 23.5 Å². The molecule has 0 aromatic heterocycles. The van der Waals surface area contributed by atoms with Gasteiger partial charge in [0.25, 0.3) is 5.91 Å². The summed E-state index contributed by atoms with van der Waals surface area (Å²) >= 11 is 1.01. The number of fused-ring (bicyclic) bond motifs is 1. The van der Waals surface area contributed by atoms with Crippen LogP contribution in [0, 0.1) is 17.1 Å². The molecule has 1 fully saturated rings. The number of methoxy groups -OCH3 is 1. The second-order valence-electron chi connectivity index (χ2n) is 6.25. The Morgan fingerprint density at radius 2 is 2.03 bits per heavy atom. The maximum Gasteiger partial charge on any atom is 0.307 e. The van der Waals surface area contributed by atoms with Crippen LogP contribution in [-0.2, 0) is 19.1 Å². The standard InChI is InChI=1S/C19H17FN4O4S/c1-23-17(26)15-14(9-3-5-10(20)6-4-9)11(8-21)16(22)24-18(27)12(29-19(15)24)7-13(25)28-2/h3-6,12,14H,7,22H2,1-2H3,(H,23,26)/t12-,14+/m1/s1.